The molecule has 104 valence electrons. The summed E-state index contributed by atoms with van der Waals surface area (Å²) in [7, 11) is -1.44. The predicted octanol–water partition coefficient (Wildman–Crippen LogP) is 2.53. The molecule has 4 heteroatoms. The molecule has 0 saturated carbocycles. The number of nitrogens with zero attached hydrogens (tertiary/aromatic N) is 1. The summed E-state index contributed by atoms with van der Waals surface area (Å²) < 4.78 is 0. The third kappa shape index (κ3) is 7.14. The highest BCUT2D eigenvalue weighted by Gasteiger charge is 2.09. The molecule has 19 heavy (non-hydrogen) atoms. The van der Waals surface area contributed by atoms with Gasteiger partial charge in [-0.25, -0.2) is 0 Å². The van der Waals surface area contributed by atoms with Crippen LogP contribution in [-0.4, -0.2) is 22.2 Å². The Balaban J connectivity index is 2.18. The molecule has 1 aromatic heterocycles. The molecule has 0 radical (unpaired) electrons. The van der Waals surface area contributed by atoms with Gasteiger partial charge in [0.05, 0.1) is 5.69 Å². The normalized spacial score (nSPS) is 11.1. The number of allylic oxidation sites excluding steroid dienone is 1. The Morgan fingerprint density at radius 3 is 2.47 bits per heavy atom. The minimum absolute atomic E-state index is 0.424. The molecule has 1 aromatic rings. The van der Waals surface area contributed by atoms with Gasteiger partial charge in [-0.2, -0.15) is 0 Å². The van der Waals surface area contributed by atoms with Crippen LogP contribution in [0.15, 0.2) is 24.4 Å². The molecule has 3 nitrogen and oxygen atoms in total. The van der Waals surface area contributed by atoms with Gasteiger partial charge in [-0.05, 0) is 25.0 Å². The van der Waals surface area contributed by atoms with Crippen molar-refractivity contribution in [2.24, 2.45) is 0 Å². The lowest BCUT2D eigenvalue weighted by Crippen LogP contribution is -2.29. The average Bonchev–Trinajstić information content (AvgIpc) is 2.42. The molecule has 0 fully saturated rings. The summed E-state index contributed by atoms with van der Waals surface area (Å²) in [6, 6.07) is 3.48. The molecule has 0 amide bonds. The summed E-state index contributed by atoms with van der Waals surface area (Å²) in [6.45, 7) is 2.23. The largest absolute Gasteiger partial charge is 0.490 e. The number of hydrogen-bond acceptors (Lipinski definition) is 3. The summed E-state index contributed by atoms with van der Waals surface area (Å²) in [5.74, 6) is 0. The van der Waals surface area contributed by atoms with E-state index in [0.29, 0.717) is 5.46 Å². The van der Waals surface area contributed by atoms with Crippen LogP contribution in [0.1, 0.15) is 57.6 Å². The smallest absolute Gasteiger partial charge is 0.423 e. The Hall–Kier alpha value is -1.13. The summed E-state index contributed by atoms with van der Waals surface area (Å²) in [5.41, 5.74) is 1.28. The first-order chi connectivity index (χ1) is 9.24. The van der Waals surface area contributed by atoms with Gasteiger partial charge in [0, 0.05) is 11.7 Å². The van der Waals surface area contributed by atoms with E-state index in [4.69, 9.17) is 10.0 Å². The van der Waals surface area contributed by atoms with Gasteiger partial charge in [0.1, 0.15) is 0 Å². The van der Waals surface area contributed by atoms with E-state index in [2.05, 4.69) is 18.0 Å². The minimum Gasteiger partial charge on any atom is -0.423 e. The molecule has 0 spiro atoms. The van der Waals surface area contributed by atoms with E-state index in [0.717, 1.165) is 12.1 Å². The highest BCUT2D eigenvalue weighted by molar-refractivity contribution is 6.58. The minimum atomic E-state index is -1.44. The molecule has 0 bridgehead atoms. The van der Waals surface area contributed by atoms with Crippen LogP contribution in [0.5, 0.6) is 0 Å². The third-order valence-electron chi connectivity index (χ3n) is 3.12. The Bertz CT molecular complexity index is 363. The zero-order chi connectivity index (χ0) is 13.9. The van der Waals surface area contributed by atoms with Gasteiger partial charge in [-0.1, -0.05) is 51.2 Å². The lowest BCUT2D eigenvalue weighted by molar-refractivity contribution is 0.425. The van der Waals surface area contributed by atoms with Crippen LogP contribution in [0.2, 0.25) is 0 Å². The first-order valence-corrected chi connectivity index (χ1v) is 7.22. The van der Waals surface area contributed by atoms with Crippen molar-refractivity contribution in [3.05, 3.63) is 30.1 Å². The fourth-order valence-corrected chi connectivity index (χ4v) is 1.91. The van der Waals surface area contributed by atoms with Gasteiger partial charge < -0.3 is 10.0 Å². The number of aromatic nitrogens is 1. The molecule has 0 atom stereocenters. The van der Waals surface area contributed by atoms with Crippen LogP contribution >= 0.6 is 0 Å². The lowest BCUT2D eigenvalue weighted by Gasteiger charge is -1.99. The monoisotopic (exact) mass is 261 g/mol. The van der Waals surface area contributed by atoms with Crippen molar-refractivity contribution in [2.45, 2.75) is 51.9 Å². The number of pyridine rings is 1. The van der Waals surface area contributed by atoms with Crippen LogP contribution in [0, 0.1) is 0 Å². The molecule has 0 aliphatic carbocycles. The molecule has 2 N–H and O–H groups in total. The fourth-order valence-electron chi connectivity index (χ4n) is 1.91. The molecule has 0 aromatic carbocycles. The first-order valence-electron chi connectivity index (χ1n) is 7.22. The summed E-state index contributed by atoms with van der Waals surface area (Å²) in [6.07, 6.45) is 14.6. The van der Waals surface area contributed by atoms with Gasteiger partial charge >= 0.3 is 7.12 Å². The average molecular weight is 261 g/mol. The standard InChI is InChI=1S/C15H24BNO2/c1-2-3-4-5-6-7-8-9-10-15-12-11-14(13-17-15)16(18)19/h9-13,18-19H,2-8H2,1H3. The fraction of sp³-hybridized carbons (Fsp3) is 0.533. The molecule has 0 saturated heterocycles. The maximum atomic E-state index is 8.95. The van der Waals surface area contributed by atoms with E-state index >= 15 is 0 Å². The lowest BCUT2D eigenvalue weighted by atomic mass is 9.82. The summed E-state index contributed by atoms with van der Waals surface area (Å²) in [5, 5.41) is 17.9. The van der Waals surface area contributed by atoms with E-state index in [1.54, 1.807) is 12.1 Å². The second-order valence-corrected chi connectivity index (χ2v) is 4.85. The van der Waals surface area contributed by atoms with Gasteiger partial charge in [0.2, 0.25) is 0 Å². The molecule has 0 aliphatic rings. The van der Waals surface area contributed by atoms with Crippen molar-refractivity contribution < 1.29 is 10.0 Å². The molecule has 0 aliphatic heterocycles. The van der Waals surface area contributed by atoms with Crippen molar-refractivity contribution in [1.82, 2.24) is 4.98 Å². The molecular weight excluding hydrogens is 237 g/mol. The second-order valence-electron chi connectivity index (χ2n) is 4.85. The van der Waals surface area contributed by atoms with E-state index < -0.39 is 7.12 Å². The van der Waals surface area contributed by atoms with Crippen LogP contribution in [0.4, 0.5) is 0 Å². The maximum absolute atomic E-state index is 8.95. The van der Waals surface area contributed by atoms with Crippen LogP contribution < -0.4 is 5.46 Å². The van der Waals surface area contributed by atoms with Crippen LogP contribution in [0.25, 0.3) is 6.08 Å². The van der Waals surface area contributed by atoms with E-state index in [9.17, 15) is 0 Å². The summed E-state index contributed by atoms with van der Waals surface area (Å²) >= 11 is 0. The topological polar surface area (TPSA) is 53.4 Å². The van der Waals surface area contributed by atoms with Crippen molar-refractivity contribution in [1.29, 1.82) is 0 Å². The van der Waals surface area contributed by atoms with Crippen LogP contribution in [0.3, 0.4) is 0 Å². The quantitative estimate of drug-likeness (QED) is 0.530. The van der Waals surface area contributed by atoms with Gasteiger partial charge in [-0.3, -0.25) is 4.98 Å². The molecule has 0 unspecified atom stereocenters. The van der Waals surface area contributed by atoms with Crippen molar-refractivity contribution >= 4 is 18.7 Å². The van der Waals surface area contributed by atoms with E-state index in [1.165, 1.54) is 44.7 Å². The van der Waals surface area contributed by atoms with E-state index in [-0.39, 0.29) is 0 Å². The molecule has 1 rings (SSSR count). The van der Waals surface area contributed by atoms with E-state index in [1.807, 2.05) is 6.08 Å². The SMILES string of the molecule is CCCCCCCCC=Cc1ccc(B(O)O)cn1. The Kier molecular flexibility index (Phi) is 8.18. The maximum Gasteiger partial charge on any atom is 0.490 e. The van der Waals surface area contributed by atoms with Crippen molar-refractivity contribution in [2.75, 3.05) is 0 Å². The van der Waals surface area contributed by atoms with Gasteiger partial charge in [0.25, 0.3) is 0 Å². The van der Waals surface area contributed by atoms with Crippen LogP contribution in [-0.2, 0) is 0 Å². The first kappa shape index (κ1) is 15.9. The second kappa shape index (κ2) is 9.76. The molecule has 1 heterocycles. The zero-order valence-corrected chi connectivity index (χ0v) is 11.8. The zero-order valence-electron chi connectivity index (χ0n) is 11.8. The summed E-state index contributed by atoms with van der Waals surface area (Å²) in [4.78, 5) is 4.15. The Morgan fingerprint density at radius 2 is 1.84 bits per heavy atom. The highest BCUT2D eigenvalue weighted by atomic mass is 16.4. The molecular formula is C15H24BNO2. The predicted molar refractivity (Wildman–Crippen MR) is 81.1 cm³/mol. The van der Waals surface area contributed by atoms with Gasteiger partial charge in [0.15, 0.2) is 0 Å². The Labute approximate surface area is 116 Å². The number of rotatable bonds is 9. The highest BCUT2D eigenvalue weighted by Crippen LogP contribution is 2.08. The van der Waals surface area contributed by atoms with Crippen molar-refractivity contribution in [3.63, 3.8) is 0 Å². The van der Waals surface area contributed by atoms with Crippen molar-refractivity contribution in [3.8, 4) is 0 Å². The Morgan fingerprint density at radius 1 is 1.11 bits per heavy atom. The third-order valence-corrected chi connectivity index (χ3v) is 3.12. The van der Waals surface area contributed by atoms with Gasteiger partial charge in [-0.15, -0.1) is 0 Å². The number of hydrogen-bond donors (Lipinski definition) is 2. The number of unbranched alkanes of at least 4 members (excludes halogenated alkanes) is 6.